The summed E-state index contributed by atoms with van der Waals surface area (Å²) >= 11 is 4.00. The first-order valence-electron chi connectivity index (χ1n) is 8.83. The Balaban J connectivity index is 2.22. The summed E-state index contributed by atoms with van der Waals surface area (Å²) in [6.07, 6.45) is 2.14. The number of carbonyl (C=O) groups is 1. The fourth-order valence-corrected chi connectivity index (χ4v) is 3.66. The number of allylic oxidation sites excluding steroid dienone is 1. The third kappa shape index (κ3) is 3.73. The lowest BCUT2D eigenvalue weighted by molar-refractivity contribution is -0.136. The molecule has 0 aromatic heterocycles. The van der Waals surface area contributed by atoms with E-state index in [0.717, 1.165) is 17.8 Å². The highest BCUT2D eigenvalue weighted by molar-refractivity contribution is 7.83. The van der Waals surface area contributed by atoms with Crippen LogP contribution in [0.5, 0.6) is 0 Å². The van der Waals surface area contributed by atoms with Crippen LogP contribution in [0.2, 0.25) is 0 Å². The zero-order valence-corrected chi connectivity index (χ0v) is 16.7. The topological polar surface area (TPSA) is 54.3 Å². The summed E-state index contributed by atoms with van der Waals surface area (Å²) in [7, 11) is 1.28. The van der Waals surface area contributed by atoms with Gasteiger partial charge in [0, 0.05) is 30.1 Å². The highest BCUT2D eigenvalue weighted by Gasteiger charge is 2.41. The molecule has 3 rings (SSSR count). The fourth-order valence-electron chi connectivity index (χ4n) is 3.59. The van der Waals surface area contributed by atoms with Crippen LogP contribution in [0.15, 0.2) is 51.1 Å². The van der Waals surface area contributed by atoms with Gasteiger partial charge < -0.3 is 9.64 Å². The zero-order valence-electron chi connectivity index (χ0n) is 15.8. The molecule has 2 atom stereocenters. The molecule has 148 valence electrons. The number of hydrogen-bond acceptors (Lipinski definition) is 6. The summed E-state index contributed by atoms with van der Waals surface area (Å²) in [6, 6.07) is 2.32. The standard InChI is InChI=1S/C20H21F2N3O2S/c1-11-8-16-17(20(26)27-3)18(14-5-4-13(21)9-15(14)22)24-19(25(16)10-11)12(2)23-6-7-28/h4-7,9,11,18,28H,8,10H2,1-3H3/b7-6-,23-12+/t11-,18-/m0/s1. The van der Waals surface area contributed by atoms with E-state index in [0.29, 0.717) is 24.5 Å². The molecule has 0 N–H and O–H groups in total. The van der Waals surface area contributed by atoms with Gasteiger partial charge in [-0.2, -0.15) is 0 Å². The number of esters is 1. The number of halogens is 2. The predicted octanol–water partition coefficient (Wildman–Crippen LogP) is 4.05. The average molecular weight is 405 g/mol. The number of carbonyl (C=O) groups excluding carboxylic acids is 1. The third-order valence-corrected chi connectivity index (χ3v) is 4.91. The molecule has 8 heteroatoms. The monoisotopic (exact) mass is 405 g/mol. The number of ether oxygens (including phenoxy) is 1. The van der Waals surface area contributed by atoms with Crippen molar-refractivity contribution < 1.29 is 18.3 Å². The highest BCUT2D eigenvalue weighted by atomic mass is 32.1. The molecule has 1 saturated heterocycles. The molecule has 1 aromatic rings. The van der Waals surface area contributed by atoms with E-state index in [-0.39, 0.29) is 17.1 Å². The van der Waals surface area contributed by atoms with Crippen molar-refractivity contribution in [2.24, 2.45) is 15.9 Å². The van der Waals surface area contributed by atoms with Gasteiger partial charge in [-0.15, -0.1) is 12.6 Å². The maximum Gasteiger partial charge on any atom is 0.338 e. The van der Waals surface area contributed by atoms with Crippen molar-refractivity contribution in [3.63, 3.8) is 0 Å². The van der Waals surface area contributed by atoms with Crippen LogP contribution in [-0.2, 0) is 9.53 Å². The largest absolute Gasteiger partial charge is 0.466 e. The molecule has 2 aliphatic rings. The first-order valence-corrected chi connectivity index (χ1v) is 9.34. The Morgan fingerprint density at radius 2 is 2.18 bits per heavy atom. The lowest BCUT2D eigenvalue weighted by atomic mass is 9.93. The molecule has 0 saturated carbocycles. The average Bonchev–Trinajstić information content (AvgIpc) is 3.05. The number of nitrogens with zero attached hydrogens (tertiary/aromatic N) is 3. The van der Waals surface area contributed by atoms with E-state index in [1.54, 1.807) is 6.92 Å². The molecular formula is C20H21F2N3O2S. The molecule has 2 heterocycles. The Hall–Kier alpha value is -2.48. The molecular weight excluding hydrogens is 384 g/mol. The Morgan fingerprint density at radius 3 is 2.82 bits per heavy atom. The second kappa shape index (κ2) is 8.26. The number of amidine groups is 1. The van der Waals surface area contributed by atoms with Crippen LogP contribution >= 0.6 is 12.6 Å². The van der Waals surface area contributed by atoms with E-state index < -0.39 is 23.6 Å². The van der Waals surface area contributed by atoms with Crippen molar-refractivity contribution in [2.45, 2.75) is 26.3 Å². The fraction of sp³-hybridized carbons (Fsp3) is 0.350. The number of thiol groups is 1. The van der Waals surface area contributed by atoms with E-state index in [4.69, 9.17) is 4.74 Å². The van der Waals surface area contributed by atoms with Gasteiger partial charge >= 0.3 is 5.97 Å². The molecule has 0 unspecified atom stereocenters. The summed E-state index contributed by atoms with van der Waals surface area (Å²) in [4.78, 5) is 23.5. The van der Waals surface area contributed by atoms with Gasteiger partial charge in [0.25, 0.3) is 0 Å². The highest BCUT2D eigenvalue weighted by Crippen LogP contribution is 2.41. The molecule has 0 spiro atoms. The first kappa shape index (κ1) is 20.3. The smallest absolute Gasteiger partial charge is 0.338 e. The molecule has 5 nitrogen and oxygen atoms in total. The summed E-state index contributed by atoms with van der Waals surface area (Å²) in [5.41, 5.74) is 1.73. The van der Waals surface area contributed by atoms with Gasteiger partial charge in [-0.3, -0.25) is 9.98 Å². The molecule has 0 aliphatic carbocycles. The zero-order chi connectivity index (χ0) is 20.4. The minimum atomic E-state index is -0.940. The van der Waals surface area contributed by atoms with Crippen LogP contribution in [0.1, 0.15) is 31.9 Å². The number of methoxy groups -OCH3 is 1. The van der Waals surface area contributed by atoms with Crippen LogP contribution in [0.25, 0.3) is 0 Å². The van der Waals surface area contributed by atoms with E-state index >= 15 is 0 Å². The minimum Gasteiger partial charge on any atom is -0.466 e. The summed E-state index contributed by atoms with van der Waals surface area (Å²) in [6.45, 7) is 4.50. The number of hydrogen-bond donors (Lipinski definition) is 1. The second-order valence-corrected chi connectivity index (χ2v) is 7.10. The van der Waals surface area contributed by atoms with E-state index in [9.17, 15) is 13.6 Å². The Bertz CT molecular complexity index is 924. The molecule has 0 bridgehead atoms. The SMILES string of the molecule is COC(=O)C1=C2C[C@H](C)CN2C(/C(C)=N/C=C\S)=N[C@H]1c1ccc(F)cc1F. The maximum atomic E-state index is 14.6. The molecule has 0 amide bonds. The number of aliphatic imine (C=N–C) groups is 2. The van der Waals surface area contributed by atoms with Crippen molar-refractivity contribution >= 4 is 30.1 Å². The Kier molecular flexibility index (Phi) is 5.98. The van der Waals surface area contributed by atoms with Gasteiger partial charge in [0.2, 0.25) is 0 Å². The second-order valence-electron chi connectivity index (χ2n) is 6.81. The van der Waals surface area contributed by atoms with Crippen LogP contribution in [0.4, 0.5) is 8.78 Å². The van der Waals surface area contributed by atoms with Crippen molar-refractivity contribution in [3.8, 4) is 0 Å². The Morgan fingerprint density at radius 1 is 1.43 bits per heavy atom. The number of rotatable bonds is 4. The molecule has 1 aromatic carbocycles. The van der Waals surface area contributed by atoms with Gasteiger partial charge in [-0.1, -0.05) is 13.0 Å². The lowest BCUT2D eigenvalue weighted by Gasteiger charge is -2.32. The van der Waals surface area contributed by atoms with Crippen LogP contribution in [0, 0.1) is 17.6 Å². The van der Waals surface area contributed by atoms with Crippen molar-refractivity contribution in [3.05, 3.63) is 58.3 Å². The first-order chi connectivity index (χ1) is 13.4. The summed E-state index contributed by atoms with van der Waals surface area (Å²) in [5.74, 6) is -1.21. The van der Waals surface area contributed by atoms with Gasteiger partial charge in [-0.05, 0) is 30.7 Å². The van der Waals surface area contributed by atoms with Gasteiger partial charge in [-0.25, -0.2) is 13.6 Å². The van der Waals surface area contributed by atoms with Crippen LogP contribution in [0.3, 0.4) is 0 Å². The molecule has 28 heavy (non-hydrogen) atoms. The van der Waals surface area contributed by atoms with Crippen molar-refractivity contribution in [1.82, 2.24) is 4.90 Å². The predicted molar refractivity (Wildman–Crippen MR) is 107 cm³/mol. The Labute approximate surface area is 167 Å². The normalized spacial score (nSPS) is 22.6. The maximum absolute atomic E-state index is 14.6. The van der Waals surface area contributed by atoms with Crippen molar-refractivity contribution in [2.75, 3.05) is 13.7 Å². The van der Waals surface area contributed by atoms with E-state index in [1.807, 2.05) is 4.90 Å². The minimum absolute atomic E-state index is 0.114. The third-order valence-electron chi connectivity index (χ3n) is 4.77. The van der Waals surface area contributed by atoms with Crippen LogP contribution < -0.4 is 0 Å². The lowest BCUT2D eigenvalue weighted by Crippen LogP contribution is -2.38. The van der Waals surface area contributed by atoms with Gasteiger partial charge in [0.15, 0.2) is 5.84 Å². The van der Waals surface area contributed by atoms with Crippen molar-refractivity contribution in [1.29, 1.82) is 0 Å². The summed E-state index contributed by atoms with van der Waals surface area (Å²) in [5, 5.41) is 1.49. The molecule has 0 radical (unpaired) electrons. The molecule has 1 fully saturated rings. The van der Waals surface area contributed by atoms with Gasteiger partial charge in [0.05, 0.1) is 18.4 Å². The number of benzene rings is 1. The van der Waals surface area contributed by atoms with Gasteiger partial charge in [0.1, 0.15) is 17.7 Å². The quantitative estimate of drug-likeness (QED) is 0.467. The van der Waals surface area contributed by atoms with E-state index in [1.165, 1.54) is 24.8 Å². The summed E-state index contributed by atoms with van der Waals surface area (Å²) < 4.78 is 33.0. The molecule has 2 aliphatic heterocycles. The van der Waals surface area contributed by atoms with E-state index in [2.05, 4.69) is 29.5 Å². The number of fused-ring (bicyclic) bond motifs is 1. The van der Waals surface area contributed by atoms with Crippen LogP contribution in [-0.4, -0.2) is 36.1 Å².